The molecule has 0 bridgehead atoms. The van der Waals surface area contributed by atoms with E-state index in [2.05, 4.69) is 10.1 Å². The fourth-order valence-corrected chi connectivity index (χ4v) is 2.57. The summed E-state index contributed by atoms with van der Waals surface area (Å²) >= 11 is 0. The molecule has 0 radical (unpaired) electrons. The summed E-state index contributed by atoms with van der Waals surface area (Å²) in [5, 5.41) is 14.4. The Balaban J connectivity index is 2.19. The van der Waals surface area contributed by atoms with Crippen molar-refractivity contribution in [1.29, 1.82) is 0 Å². The highest BCUT2D eigenvalue weighted by Crippen LogP contribution is 2.33. The summed E-state index contributed by atoms with van der Waals surface area (Å²) in [4.78, 5) is 15.0. The molecule has 2 heterocycles. The molecule has 0 fully saturated rings. The second-order valence-corrected chi connectivity index (χ2v) is 6.94. The maximum Gasteiger partial charge on any atom is 0.433 e. The van der Waals surface area contributed by atoms with Crippen LogP contribution in [-0.2, 0) is 11.6 Å². The van der Waals surface area contributed by atoms with Crippen molar-refractivity contribution < 1.29 is 23.1 Å². The molecule has 0 spiro atoms. The van der Waals surface area contributed by atoms with Crippen LogP contribution in [0.1, 0.15) is 42.5 Å². The van der Waals surface area contributed by atoms with E-state index in [4.69, 9.17) is 0 Å². The van der Waals surface area contributed by atoms with Gasteiger partial charge in [0, 0.05) is 11.6 Å². The van der Waals surface area contributed by atoms with E-state index in [1.807, 2.05) is 32.9 Å². The van der Waals surface area contributed by atoms with Crippen molar-refractivity contribution >= 4 is 11.6 Å². The number of aromatic carboxylic acids is 1. The molecule has 0 aliphatic heterocycles. The average molecular weight is 362 g/mol. The van der Waals surface area contributed by atoms with Crippen LogP contribution in [0, 0.1) is 0 Å². The third-order valence-electron chi connectivity index (χ3n) is 3.97. The van der Waals surface area contributed by atoms with E-state index in [1.54, 1.807) is 12.1 Å². The summed E-state index contributed by atoms with van der Waals surface area (Å²) < 4.78 is 40.6. The predicted octanol–water partition coefficient (Wildman–Crippen LogP) is 3.08. The molecule has 26 heavy (non-hydrogen) atoms. The van der Waals surface area contributed by atoms with Gasteiger partial charge in [0.2, 0.25) is 0 Å². The van der Waals surface area contributed by atoms with Crippen LogP contribution in [0.4, 0.5) is 13.2 Å². The molecule has 0 amide bonds. The number of carboxylic acids is 1. The summed E-state index contributed by atoms with van der Waals surface area (Å²) in [5.74, 6) is -1.67. The number of alkyl halides is 3. The van der Waals surface area contributed by atoms with Gasteiger partial charge in [-0.1, -0.05) is 45.0 Å². The van der Waals surface area contributed by atoms with Gasteiger partial charge in [0.05, 0.1) is 11.7 Å². The zero-order chi connectivity index (χ0) is 19.3. The van der Waals surface area contributed by atoms with Crippen molar-refractivity contribution in [2.45, 2.75) is 32.4 Å². The Bertz CT molecular complexity index is 984. The summed E-state index contributed by atoms with van der Waals surface area (Å²) in [7, 11) is 0. The lowest BCUT2D eigenvalue weighted by Crippen LogP contribution is -2.23. The number of halogens is 3. The van der Waals surface area contributed by atoms with Crippen molar-refractivity contribution in [3.05, 3.63) is 53.3 Å². The fourth-order valence-electron chi connectivity index (χ4n) is 2.57. The Morgan fingerprint density at radius 2 is 1.69 bits per heavy atom. The summed E-state index contributed by atoms with van der Waals surface area (Å²) in [6.07, 6.45) is -4.73. The highest BCUT2D eigenvalue weighted by atomic mass is 19.4. The lowest BCUT2D eigenvalue weighted by atomic mass is 9.86. The molecular weight excluding hydrogens is 347 g/mol. The maximum atomic E-state index is 13.4. The number of fused-ring (bicyclic) bond motifs is 1. The lowest BCUT2D eigenvalue weighted by Gasteiger charge is -2.19. The minimum atomic E-state index is -4.73. The van der Waals surface area contributed by atoms with Gasteiger partial charge in [-0.15, -0.1) is 0 Å². The highest BCUT2D eigenvalue weighted by molar-refractivity contribution is 5.85. The zero-order valence-electron chi connectivity index (χ0n) is 14.3. The molecule has 3 rings (SSSR count). The van der Waals surface area contributed by atoms with Crippen LogP contribution in [0.3, 0.4) is 0 Å². The first-order valence-electron chi connectivity index (χ1n) is 7.77. The van der Waals surface area contributed by atoms with Crippen LogP contribution in [0.15, 0.2) is 36.4 Å². The Labute approximate surface area is 147 Å². The van der Waals surface area contributed by atoms with Gasteiger partial charge >= 0.3 is 6.18 Å². The number of aromatic nitrogens is 3. The Hall–Kier alpha value is -2.90. The SMILES string of the molecule is CC(C)(C)c1ccc(-c2cc(C(F)(F)F)n3nc(C(=O)[O-])cc3n2)cc1. The summed E-state index contributed by atoms with van der Waals surface area (Å²) in [6.45, 7) is 6.09. The van der Waals surface area contributed by atoms with E-state index in [-0.39, 0.29) is 16.8 Å². The van der Waals surface area contributed by atoms with E-state index in [0.29, 0.717) is 10.1 Å². The number of hydrogen-bond acceptors (Lipinski definition) is 4. The van der Waals surface area contributed by atoms with Crippen LogP contribution in [0.2, 0.25) is 0 Å². The average Bonchev–Trinajstić information content (AvgIpc) is 2.96. The number of hydrogen-bond donors (Lipinski definition) is 0. The second kappa shape index (κ2) is 5.82. The molecule has 0 unspecified atom stereocenters. The van der Waals surface area contributed by atoms with E-state index in [9.17, 15) is 23.1 Å². The Morgan fingerprint density at radius 3 is 2.19 bits per heavy atom. The van der Waals surface area contributed by atoms with Crippen molar-refractivity contribution in [3.8, 4) is 11.3 Å². The van der Waals surface area contributed by atoms with Crippen LogP contribution in [-0.4, -0.2) is 20.6 Å². The zero-order valence-corrected chi connectivity index (χ0v) is 14.3. The molecule has 1 aromatic carbocycles. The van der Waals surface area contributed by atoms with Gasteiger partial charge in [-0.05, 0) is 17.0 Å². The van der Waals surface area contributed by atoms with E-state index >= 15 is 0 Å². The first-order valence-corrected chi connectivity index (χ1v) is 7.77. The monoisotopic (exact) mass is 362 g/mol. The van der Waals surface area contributed by atoms with Gasteiger partial charge in [-0.3, -0.25) is 0 Å². The molecule has 2 aromatic heterocycles. The van der Waals surface area contributed by atoms with Crippen LogP contribution in [0.25, 0.3) is 16.9 Å². The van der Waals surface area contributed by atoms with Crippen LogP contribution >= 0.6 is 0 Å². The topological polar surface area (TPSA) is 70.3 Å². The summed E-state index contributed by atoms with van der Waals surface area (Å²) in [6, 6.07) is 8.85. The molecular formula is C18H15F3N3O2-. The second-order valence-electron chi connectivity index (χ2n) is 6.94. The van der Waals surface area contributed by atoms with Crippen LogP contribution < -0.4 is 5.11 Å². The van der Waals surface area contributed by atoms with E-state index < -0.39 is 23.5 Å². The third kappa shape index (κ3) is 3.26. The summed E-state index contributed by atoms with van der Waals surface area (Å²) in [5.41, 5.74) is -0.427. The van der Waals surface area contributed by atoms with Gasteiger partial charge in [-0.2, -0.15) is 18.3 Å². The van der Waals surface area contributed by atoms with Crippen molar-refractivity contribution in [2.75, 3.05) is 0 Å². The molecule has 3 aromatic rings. The van der Waals surface area contributed by atoms with E-state index in [1.165, 1.54) is 0 Å². The number of benzene rings is 1. The minimum absolute atomic E-state index is 0.0788. The van der Waals surface area contributed by atoms with Gasteiger partial charge in [0.15, 0.2) is 11.3 Å². The van der Waals surface area contributed by atoms with Crippen LogP contribution in [0.5, 0.6) is 0 Å². The normalized spacial score (nSPS) is 12.5. The molecule has 0 aliphatic rings. The number of carbonyl (C=O) groups excluding carboxylic acids is 1. The molecule has 0 saturated heterocycles. The van der Waals surface area contributed by atoms with E-state index in [0.717, 1.165) is 17.7 Å². The van der Waals surface area contributed by atoms with Crippen molar-refractivity contribution in [2.24, 2.45) is 0 Å². The quantitative estimate of drug-likeness (QED) is 0.702. The Morgan fingerprint density at radius 1 is 1.08 bits per heavy atom. The fraction of sp³-hybridized carbons (Fsp3) is 0.278. The molecule has 0 aliphatic carbocycles. The highest BCUT2D eigenvalue weighted by Gasteiger charge is 2.35. The third-order valence-corrected chi connectivity index (χ3v) is 3.97. The van der Waals surface area contributed by atoms with Crippen molar-refractivity contribution in [1.82, 2.24) is 14.6 Å². The predicted molar refractivity (Wildman–Crippen MR) is 86.5 cm³/mol. The maximum absolute atomic E-state index is 13.4. The molecule has 0 atom stereocenters. The first-order chi connectivity index (χ1) is 12.0. The molecule has 0 saturated carbocycles. The first kappa shape index (κ1) is 17.9. The molecule has 136 valence electrons. The number of nitrogens with zero attached hydrogens (tertiary/aromatic N) is 3. The largest absolute Gasteiger partial charge is 0.543 e. The molecule has 0 N–H and O–H groups in total. The molecule has 8 heteroatoms. The number of rotatable bonds is 2. The number of carboxylic acid groups (broad SMARTS) is 1. The number of carbonyl (C=O) groups is 1. The van der Waals surface area contributed by atoms with Crippen molar-refractivity contribution in [3.63, 3.8) is 0 Å². The standard InChI is InChI=1S/C18H16F3N3O2/c1-17(2,3)11-6-4-10(5-7-11)12-8-14(18(19,20)21)24-15(22-12)9-13(23-24)16(25)26/h4-9H,1-3H3,(H,25,26)/p-1. The van der Waals surface area contributed by atoms with Gasteiger partial charge in [-0.25, -0.2) is 9.50 Å². The Kier molecular flexibility index (Phi) is 4.01. The smallest absolute Gasteiger partial charge is 0.433 e. The minimum Gasteiger partial charge on any atom is -0.543 e. The lowest BCUT2D eigenvalue weighted by molar-refractivity contribution is -0.255. The van der Waals surface area contributed by atoms with Gasteiger partial charge < -0.3 is 9.90 Å². The van der Waals surface area contributed by atoms with Gasteiger partial charge in [0.1, 0.15) is 5.69 Å². The molecule has 5 nitrogen and oxygen atoms in total. The van der Waals surface area contributed by atoms with Gasteiger partial charge in [0.25, 0.3) is 0 Å².